The maximum atomic E-state index is 7.34. The van der Waals surface area contributed by atoms with Crippen LogP contribution in [-0.4, -0.2) is 67.3 Å². The number of likely N-dealkylation sites (tertiary alicyclic amines) is 1. The minimum Gasteiger partial charge on any atom is -0.462 e. The largest absolute Gasteiger partial charge is 0.462 e. The van der Waals surface area contributed by atoms with Crippen LogP contribution in [0.1, 0.15) is 49.4 Å². The number of hydrogen-bond donors (Lipinski definition) is 0. The monoisotopic (exact) mass is 508 g/mol. The maximum Gasteiger partial charge on any atom is 0.318 e. The molecule has 36 heavy (non-hydrogen) atoms. The van der Waals surface area contributed by atoms with E-state index < -0.39 is 0 Å². The Hall–Kier alpha value is -2.56. The molecular weight excluding hydrogens is 472 g/mol. The average Bonchev–Trinajstić information content (AvgIpc) is 3.31. The first-order valence-corrected chi connectivity index (χ1v) is 13.8. The molecule has 3 aliphatic heterocycles. The molecule has 2 atom stereocenters. The fourth-order valence-electron chi connectivity index (χ4n) is 6.01. The van der Waals surface area contributed by atoms with Crippen LogP contribution in [0.4, 0.5) is 11.5 Å². The summed E-state index contributed by atoms with van der Waals surface area (Å²) in [6.07, 6.45) is 6.36. The third-order valence-electron chi connectivity index (χ3n) is 8.06. The number of hydrogen-bond acceptors (Lipinski definition) is 6. The first kappa shape index (κ1) is 25.1. The van der Waals surface area contributed by atoms with Crippen molar-refractivity contribution in [1.82, 2.24) is 14.9 Å². The Kier molecular flexibility index (Phi) is 7.83. The van der Waals surface area contributed by atoms with Gasteiger partial charge in [-0.15, -0.1) is 0 Å². The molecule has 2 saturated heterocycles. The van der Waals surface area contributed by atoms with Crippen molar-refractivity contribution in [3.8, 4) is 6.01 Å². The standard InChI is InChI=1S/C28H37ClN6O/c1-4-22-24(29)10-5-11-26(22)34-15-12-23-25(18-34)31-28(36-19-21-9-7-13-33(21)3)32-27(23)35-14-6-8-20(17-35)16-30-2/h5,10-11,20-21H,4,6-9,12-19H2,1,3H3/t20-,21-/m0/s1. The molecule has 192 valence electrons. The van der Waals surface area contributed by atoms with Crippen LogP contribution in [0, 0.1) is 12.5 Å². The Labute approximate surface area is 220 Å². The van der Waals surface area contributed by atoms with E-state index in [4.69, 9.17) is 32.9 Å². The van der Waals surface area contributed by atoms with Crippen LogP contribution in [0.5, 0.6) is 6.01 Å². The Balaban J connectivity index is 1.45. The highest BCUT2D eigenvalue weighted by molar-refractivity contribution is 6.31. The van der Waals surface area contributed by atoms with Crippen LogP contribution >= 0.6 is 11.6 Å². The van der Waals surface area contributed by atoms with Gasteiger partial charge in [0.05, 0.1) is 12.2 Å². The lowest BCUT2D eigenvalue weighted by Gasteiger charge is -2.37. The number of ether oxygens (including phenoxy) is 1. The smallest absolute Gasteiger partial charge is 0.318 e. The minimum atomic E-state index is 0.400. The number of fused-ring (bicyclic) bond motifs is 1. The molecule has 0 N–H and O–H groups in total. The average molecular weight is 509 g/mol. The highest BCUT2D eigenvalue weighted by atomic mass is 35.5. The van der Waals surface area contributed by atoms with Gasteiger partial charge in [0.2, 0.25) is 6.54 Å². The van der Waals surface area contributed by atoms with Crippen LogP contribution in [-0.2, 0) is 19.4 Å². The number of halogens is 1. The van der Waals surface area contributed by atoms with Crippen LogP contribution in [0.15, 0.2) is 18.2 Å². The third-order valence-corrected chi connectivity index (χ3v) is 8.41. The predicted octanol–water partition coefficient (Wildman–Crippen LogP) is 4.86. The van der Waals surface area contributed by atoms with Crippen molar-refractivity contribution in [1.29, 1.82) is 0 Å². The molecule has 5 rings (SSSR count). The predicted molar refractivity (Wildman–Crippen MR) is 145 cm³/mol. The van der Waals surface area contributed by atoms with E-state index in [0.717, 1.165) is 81.4 Å². The fourth-order valence-corrected chi connectivity index (χ4v) is 6.31. The molecule has 2 fully saturated rings. The van der Waals surface area contributed by atoms with Crippen molar-refractivity contribution < 1.29 is 4.74 Å². The number of rotatable bonds is 7. The summed E-state index contributed by atoms with van der Waals surface area (Å²) in [6.45, 7) is 15.3. The van der Waals surface area contributed by atoms with Gasteiger partial charge in [0.1, 0.15) is 12.4 Å². The molecule has 0 saturated carbocycles. The molecule has 1 aromatic heterocycles. The Morgan fingerprint density at radius 3 is 2.78 bits per heavy atom. The number of aromatic nitrogens is 2. The summed E-state index contributed by atoms with van der Waals surface area (Å²) in [4.78, 5) is 20.8. The maximum absolute atomic E-state index is 7.34. The Morgan fingerprint density at radius 1 is 1.14 bits per heavy atom. The highest BCUT2D eigenvalue weighted by Crippen LogP contribution is 2.35. The lowest BCUT2D eigenvalue weighted by atomic mass is 9.96. The van der Waals surface area contributed by atoms with Gasteiger partial charge in [-0.1, -0.05) is 24.6 Å². The first-order valence-electron chi connectivity index (χ1n) is 13.4. The summed E-state index contributed by atoms with van der Waals surface area (Å²) >= 11 is 6.55. The van der Waals surface area contributed by atoms with Crippen LogP contribution in [0.2, 0.25) is 5.02 Å². The van der Waals surface area contributed by atoms with Gasteiger partial charge < -0.3 is 24.3 Å². The van der Waals surface area contributed by atoms with E-state index in [2.05, 4.69) is 39.6 Å². The Morgan fingerprint density at radius 2 is 2.00 bits per heavy atom. The zero-order valence-electron chi connectivity index (χ0n) is 21.5. The van der Waals surface area contributed by atoms with Gasteiger partial charge in [-0.2, -0.15) is 9.97 Å². The SMILES string of the molecule is [C-]#[N+]C[C@@H]1CCCN(c2nc(OC[C@@H]3CCCN3C)nc3c2CCN(c2cccc(Cl)c2CC)C3)C1. The number of nitrogens with zero attached hydrogens (tertiary/aromatic N) is 6. The molecule has 0 aliphatic carbocycles. The van der Waals surface area contributed by atoms with Crippen molar-refractivity contribution in [2.45, 2.75) is 58.0 Å². The van der Waals surface area contributed by atoms with E-state index in [1.54, 1.807) is 0 Å². The van der Waals surface area contributed by atoms with Gasteiger partial charge in [-0.25, -0.2) is 6.57 Å². The lowest BCUT2D eigenvalue weighted by molar-refractivity contribution is 0.187. The zero-order valence-corrected chi connectivity index (χ0v) is 22.3. The van der Waals surface area contributed by atoms with Crippen molar-refractivity contribution >= 4 is 23.1 Å². The third kappa shape index (κ3) is 5.26. The van der Waals surface area contributed by atoms with Crippen LogP contribution in [0.25, 0.3) is 4.85 Å². The van der Waals surface area contributed by atoms with Crippen molar-refractivity contribution in [2.75, 3.05) is 56.2 Å². The van der Waals surface area contributed by atoms with Crippen molar-refractivity contribution in [2.24, 2.45) is 5.92 Å². The number of benzene rings is 1. The summed E-state index contributed by atoms with van der Waals surface area (Å²) in [5, 5.41) is 0.827. The zero-order chi connectivity index (χ0) is 25.1. The summed E-state index contributed by atoms with van der Waals surface area (Å²) in [6, 6.07) is 7.09. The van der Waals surface area contributed by atoms with Gasteiger partial charge in [-0.3, -0.25) is 0 Å². The van der Waals surface area contributed by atoms with Gasteiger partial charge in [0.15, 0.2) is 0 Å². The normalized spacial score (nSPS) is 22.4. The van der Waals surface area contributed by atoms with E-state index >= 15 is 0 Å². The van der Waals surface area contributed by atoms with Crippen LogP contribution < -0.4 is 14.5 Å². The number of anilines is 2. The van der Waals surface area contributed by atoms with E-state index in [1.807, 2.05) is 12.1 Å². The number of piperidine rings is 1. The van der Waals surface area contributed by atoms with Crippen LogP contribution in [0.3, 0.4) is 0 Å². The summed E-state index contributed by atoms with van der Waals surface area (Å²) in [5.74, 6) is 1.42. The van der Waals surface area contributed by atoms with Gasteiger partial charge in [0.25, 0.3) is 0 Å². The summed E-state index contributed by atoms with van der Waals surface area (Å²) in [7, 11) is 2.17. The summed E-state index contributed by atoms with van der Waals surface area (Å²) < 4.78 is 6.26. The van der Waals surface area contributed by atoms with Crippen molar-refractivity contribution in [3.05, 3.63) is 51.5 Å². The van der Waals surface area contributed by atoms with Crippen molar-refractivity contribution in [3.63, 3.8) is 0 Å². The molecule has 0 radical (unpaired) electrons. The molecule has 3 aliphatic rings. The van der Waals surface area contributed by atoms with E-state index in [1.165, 1.54) is 23.2 Å². The van der Waals surface area contributed by atoms with Gasteiger partial charge in [-0.05, 0) is 69.8 Å². The molecule has 0 spiro atoms. The summed E-state index contributed by atoms with van der Waals surface area (Å²) in [5.41, 5.74) is 4.67. The minimum absolute atomic E-state index is 0.400. The van der Waals surface area contributed by atoms with Gasteiger partial charge in [0, 0.05) is 47.9 Å². The lowest BCUT2D eigenvalue weighted by Crippen LogP contribution is -2.40. The number of likely N-dealkylation sites (N-methyl/N-ethyl adjacent to an activating group) is 1. The second-order valence-corrected chi connectivity index (χ2v) is 10.8. The molecule has 0 amide bonds. The highest BCUT2D eigenvalue weighted by Gasteiger charge is 2.30. The molecule has 0 unspecified atom stereocenters. The van der Waals surface area contributed by atoms with E-state index in [0.29, 0.717) is 31.1 Å². The topological polar surface area (TPSA) is 49.1 Å². The second-order valence-electron chi connectivity index (χ2n) is 10.4. The molecular formula is C28H37ClN6O. The van der Waals surface area contributed by atoms with E-state index in [-0.39, 0.29) is 0 Å². The molecule has 0 bridgehead atoms. The molecule has 4 heterocycles. The second kappa shape index (κ2) is 11.2. The molecule has 7 nitrogen and oxygen atoms in total. The quantitative estimate of drug-likeness (QED) is 0.498. The first-order chi connectivity index (χ1) is 17.6. The van der Waals surface area contributed by atoms with Gasteiger partial charge >= 0.3 is 6.01 Å². The molecule has 2 aromatic rings. The Bertz CT molecular complexity index is 1120. The molecule has 8 heteroatoms. The fraction of sp³-hybridized carbons (Fsp3) is 0.607. The van der Waals surface area contributed by atoms with E-state index in [9.17, 15) is 0 Å². The molecule has 1 aromatic carbocycles.